The fraction of sp³-hybridized carbons (Fsp3) is 0.333. The first-order valence-electron chi connectivity index (χ1n) is 7.71. The molecule has 1 fully saturated rings. The molecule has 1 saturated heterocycles. The van der Waals surface area contributed by atoms with Crippen LogP contribution in [0.4, 0.5) is 0 Å². The zero-order valence-corrected chi connectivity index (χ0v) is 12.7. The number of benzene rings is 1. The Labute approximate surface area is 131 Å². The third-order valence-corrected chi connectivity index (χ3v) is 4.32. The van der Waals surface area contributed by atoms with Gasteiger partial charge in [0, 0.05) is 31.4 Å². The SMILES string of the molecule is CC(NC(=O)C1CNCC1c1cccnc1)c1ccccc1. The Morgan fingerprint density at radius 3 is 2.77 bits per heavy atom. The number of amides is 1. The number of carbonyl (C=O) groups excluding carboxylic acids is 1. The van der Waals surface area contributed by atoms with E-state index in [2.05, 4.69) is 15.6 Å². The summed E-state index contributed by atoms with van der Waals surface area (Å²) in [4.78, 5) is 16.8. The number of aromatic nitrogens is 1. The van der Waals surface area contributed by atoms with Crippen LogP contribution >= 0.6 is 0 Å². The largest absolute Gasteiger partial charge is 0.349 e. The van der Waals surface area contributed by atoms with Gasteiger partial charge < -0.3 is 10.6 Å². The fourth-order valence-corrected chi connectivity index (χ4v) is 3.05. The first kappa shape index (κ1) is 14.7. The van der Waals surface area contributed by atoms with Crippen LogP contribution in [-0.2, 0) is 4.79 Å². The van der Waals surface area contributed by atoms with Gasteiger partial charge in [-0.05, 0) is 24.1 Å². The highest BCUT2D eigenvalue weighted by atomic mass is 16.2. The molecule has 0 spiro atoms. The molecule has 1 aromatic carbocycles. The van der Waals surface area contributed by atoms with Crippen molar-refractivity contribution in [1.82, 2.24) is 15.6 Å². The summed E-state index contributed by atoms with van der Waals surface area (Å²) >= 11 is 0. The highest BCUT2D eigenvalue weighted by molar-refractivity contribution is 5.81. The number of hydrogen-bond acceptors (Lipinski definition) is 3. The summed E-state index contributed by atoms with van der Waals surface area (Å²) in [6.45, 7) is 3.56. The molecule has 2 heterocycles. The lowest BCUT2D eigenvalue weighted by atomic mass is 9.89. The van der Waals surface area contributed by atoms with Crippen molar-refractivity contribution in [1.29, 1.82) is 0 Å². The van der Waals surface area contributed by atoms with Crippen LogP contribution in [0, 0.1) is 5.92 Å². The molecule has 1 aromatic heterocycles. The molecule has 3 unspecified atom stereocenters. The minimum Gasteiger partial charge on any atom is -0.349 e. The van der Waals surface area contributed by atoms with E-state index in [1.165, 1.54) is 0 Å². The Balaban J connectivity index is 1.69. The molecule has 3 rings (SSSR count). The van der Waals surface area contributed by atoms with Crippen LogP contribution in [0.1, 0.15) is 30.0 Å². The van der Waals surface area contributed by atoms with E-state index in [9.17, 15) is 4.79 Å². The van der Waals surface area contributed by atoms with Gasteiger partial charge in [-0.3, -0.25) is 9.78 Å². The topological polar surface area (TPSA) is 54.0 Å². The minimum atomic E-state index is -0.0460. The standard InChI is InChI=1S/C18H21N3O/c1-13(14-6-3-2-4-7-14)21-18(22)17-12-20-11-16(17)15-8-5-9-19-10-15/h2-10,13,16-17,20H,11-12H2,1H3,(H,21,22). The van der Waals surface area contributed by atoms with Crippen LogP contribution in [0.2, 0.25) is 0 Å². The van der Waals surface area contributed by atoms with Gasteiger partial charge in [0.25, 0.3) is 0 Å². The van der Waals surface area contributed by atoms with Gasteiger partial charge in [0.15, 0.2) is 0 Å². The van der Waals surface area contributed by atoms with E-state index < -0.39 is 0 Å². The average molecular weight is 295 g/mol. The van der Waals surface area contributed by atoms with Gasteiger partial charge in [-0.15, -0.1) is 0 Å². The summed E-state index contributed by atoms with van der Waals surface area (Å²) in [5.41, 5.74) is 2.25. The van der Waals surface area contributed by atoms with Crippen LogP contribution in [0.25, 0.3) is 0 Å². The van der Waals surface area contributed by atoms with Crippen molar-refractivity contribution in [3.63, 3.8) is 0 Å². The Hall–Kier alpha value is -2.20. The minimum absolute atomic E-state index is 0.0175. The van der Waals surface area contributed by atoms with Crippen molar-refractivity contribution in [2.24, 2.45) is 5.92 Å². The van der Waals surface area contributed by atoms with Gasteiger partial charge >= 0.3 is 0 Å². The third kappa shape index (κ3) is 3.17. The maximum Gasteiger partial charge on any atom is 0.225 e. The molecular formula is C18H21N3O. The van der Waals surface area contributed by atoms with Gasteiger partial charge in [0.05, 0.1) is 12.0 Å². The number of nitrogens with zero attached hydrogens (tertiary/aromatic N) is 1. The monoisotopic (exact) mass is 295 g/mol. The first-order chi connectivity index (χ1) is 10.8. The molecule has 1 amide bonds. The smallest absolute Gasteiger partial charge is 0.225 e. The number of pyridine rings is 1. The normalized spacial score (nSPS) is 22.2. The number of hydrogen-bond donors (Lipinski definition) is 2. The van der Waals surface area contributed by atoms with E-state index in [1.807, 2.05) is 55.6 Å². The van der Waals surface area contributed by atoms with E-state index in [-0.39, 0.29) is 23.8 Å². The summed E-state index contributed by atoms with van der Waals surface area (Å²) in [6.07, 6.45) is 3.62. The molecule has 22 heavy (non-hydrogen) atoms. The van der Waals surface area contributed by atoms with Crippen molar-refractivity contribution in [3.05, 3.63) is 66.0 Å². The van der Waals surface area contributed by atoms with E-state index in [1.54, 1.807) is 6.20 Å². The zero-order valence-electron chi connectivity index (χ0n) is 12.7. The van der Waals surface area contributed by atoms with Gasteiger partial charge in [0.1, 0.15) is 0 Å². The van der Waals surface area contributed by atoms with Gasteiger partial charge in [0.2, 0.25) is 5.91 Å². The first-order valence-corrected chi connectivity index (χ1v) is 7.71. The molecule has 4 heteroatoms. The molecule has 114 valence electrons. The molecule has 0 radical (unpaired) electrons. The van der Waals surface area contributed by atoms with Gasteiger partial charge in [-0.2, -0.15) is 0 Å². The van der Waals surface area contributed by atoms with Crippen LogP contribution in [0.3, 0.4) is 0 Å². The summed E-state index contributed by atoms with van der Waals surface area (Å²) in [5, 5.41) is 6.46. The van der Waals surface area contributed by atoms with E-state index in [0.29, 0.717) is 6.54 Å². The molecule has 0 bridgehead atoms. The zero-order chi connectivity index (χ0) is 15.4. The van der Waals surface area contributed by atoms with Crippen molar-refractivity contribution >= 4 is 5.91 Å². The summed E-state index contributed by atoms with van der Waals surface area (Å²) in [7, 11) is 0. The van der Waals surface area contributed by atoms with Crippen molar-refractivity contribution in [3.8, 4) is 0 Å². The quantitative estimate of drug-likeness (QED) is 0.909. The highest BCUT2D eigenvalue weighted by Gasteiger charge is 2.34. The molecule has 1 aliphatic rings. The van der Waals surface area contributed by atoms with E-state index in [0.717, 1.165) is 17.7 Å². The third-order valence-electron chi connectivity index (χ3n) is 4.32. The average Bonchev–Trinajstić information content (AvgIpc) is 3.06. The van der Waals surface area contributed by atoms with Gasteiger partial charge in [-0.1, -0.05) is 36.4 Å². The predicted octanol–water partition coefficient (Wildman–Crippen LogP) is 2.26. The second-order valence-electron chi connectivity index (χ2n) is 5.80. The maximum atomic E-state index is 12.6. The van der Waals surface area contributed by atoms with Crippen molar-refractivity contribution in [2.45, 2.75) is 18.9 Å². The van der Waals surface area contributed by atoms with E-state index >= 15 is 0 Å². The fourth-order valence-electron chi connectivity index (χ4n) is 3.05. The Morgan fingerprint density at radius 2 is 2.05 bits per heavy atom. The number of carbonyl (C=O) groups is 1. The summed E-state index contributed by atoms with van der Waals surface area (Å²) < 4.78 is 0. The van der Waals surface area contributed by atoms with Crippen LogP contribution in [-0.4, -0.2) is 24.0 Å². The molecule has 3 atom stereocenters. The second-order valence-corrected chi connectivity index (χ2v) is 5.80. The Bertz CT molecular complexity index is 615. The van der Waals surface area contributed by atoms with Crippen LogP contribution in [0.15, 0.2) is 54.9 Å². The molecular weight excluding hydrogens is 274 g/mol. The molecule has 2 aromatic rings. The predicted molar refractivity (Wildman–Crippen MR) is 86.3 cm³/mol. The molecule has 1 aliphatic heterocycles. The second kappa shape index (κ2) is 6.71. The Morgan fingerprint density at radius 1 is 1.23 bits per heavy atom. The molecule has 2 N–H and O–H groups in total. The summed E-state index contributed by atoms with van der Waals surface area (Å²) in [6, 6.07) is 14.0. The van der Waals surface area contributed by atoms with Crippen LogP contribution < -0.4 is 10.6 Å². The Kier molecular flexibility index (Phi) is 4.49. The highest BCUT2D eigenvalue weighted by Crippen LogP contribution is 2.28. The molecule has 0 saturated carbocycles. The summed E-state index contributed by atoms with van der Waals surface area (Å²) in [5.74, 6) is 0.252. The number of rotatable bonds is 4. The van der Waals surface area contributed by atoms with Crippen LogP contribution in [0.5, 0.6) is 0 Å². The lowest BCUT2D eigenvalue weighted by Gasteiger charge is -2.21. The van der Waals surface area contributed by atoms with Crippen molar-refractivity contribution < 1.29 is 4.79 Å². The lowest BCUT2D eigenvalue weighted by molar-refractivity contribution is -0.125. The lowest BCUT2D eigenvalue weighted by Crippen LogP contribution is -2.36. The van der Waals surface area contributed by atoms with E-state index in [4.69, 9.17) is 0 Å². The van der Waals surface area contributed by atoms with Crippen molar-refractivity contribution in [2.75, 3.05) is 13.1 Å². The molecule has 4 nitrogen and oxygen atoms in total. The maximum absolute atomic E-state index is 12.6. The van der Waals surface area contributed by atoms with Gasteiger partial charge in [-0.25, -0.2) is 0 Å². The number of nitrogens with one attached hydrogen (secondary N) is 2. The molecule has 0 aliphatic carbocycles.